The first-order valence-corrected chi connectivity index (χ1v) is 13.7. The van der Waals surface area contributed by atoms with Crippen LogP contribution in [0.4, 0.5) is 5.69 Å². The summed E-state index contributed by atoms with van der Waals surface area (Å²) in [5, 5.41) is 10.9. The fourth-order valence-corrected chi connectivity index (χ4v) is 5.98. The molecule has 2 heteroatoms. The molecule has 0 saturated carbocycles. The predicted molar refractivity (Wildman–Crippen MR) is 155 cm³/mol. The van der Waals surface area contributed by atoms with Crippen LogP contribution in [0.1, 0.15) is 93.1 Å². The maximum absolute atomic E-state index is 4.12. The maximum Gasteiger partial charge on any atom is 0.0667 e. The van der Waals surface area contributed by atoms with Gasteiger partial charge in [0.25, 0.3) is 0 Å². The molecule has 2 nitrogen and oxygen atoms in total. The van der Waals surface area contributed by atoms with Crippen LogP contribution < -0.4 is 10.6 Å². The molecule has 36 heavy (non-hydrogen) atoms. The minimum atomic E-state index is 0.196. The Hall–Kier alpha value is -3.10. The number of hydrogen-bond donors (Lipinski definition) is 2. The molecule has 1 aliphatic rings. The third-order valence-corrected chi connectivity index (χ3v) is 7.86. The Labute approximate surface area is 217 Å². The minimum Gasteiger partial charge on any atom is -0.376 e. The lowest BCUT2D eigenvalue weighted by atomic mass is 9.85. The Morgan fingerprint density at radius 3 is 2.06 bits per heavy atom. The van der Waals surface area contributed by atoms with Crippen molar-refractivity contribution in [1.29, 1.82) is 0 Å². The van der Waals surface area contributed by atoms with Crippen LogP contribution in [0.5, 0.6) is 0 Å². The topological polar surface area (TPSA) is 24.1 Å². The van der Waals surface area contributed by atoms with Crippen molar-refractivity contribution in [3.63, 3.8) is 0 Å². The van der Waals surface area contributed by atoms with Gasteiger partial charge in [0, 0.05) is 17.8 Å². The Balaban J connectivity index is 1.53. The molecule has 5 rings (SSSR count). The number of anilines is 1. The molecule has 1 aliphatic heterocycles. The lowest BCUT2D eigenvalue weighted by Gasteiger charge is -2.38. The van der Waals surface area contributed by atoms with Crippen molar-refractivity contribution in [2.45, 2.75) is 76.9 Å². The highest BCUT2D eigenvalue weighted by atomic mass is 15.1. The summed E-state index contributed by atoms with van der Waals surface area (Å²) >= 11 is 0. The molecule has 2 N–H and O–H groups in total. The SMILES string of the molecule is CC(C)c1cccc(C(C)C)c1NC(c1ccccc1)C1CCCC(c2cccc3ccccc23)N1. The molecular weight excluding hydrogens is 436 g/mol. The van der Waals surface area contributed by atoms with Gasteiger partial charge >= 0.3 is 0 Å². The van der Waals surface area contributed by atoms with E-state index in [0.29, 0.717) is 23.9 Å². The Bertz CT molecular complexity index is 1260. The molecule has 186 valence electrons. The molecule has 0 radical (unpaired) electrons. The Morgan fingerprint density at radius 1 is 0.694 bits per heavy atom. The zero-order valence-corrected chi connectivity index (χ0v) is 22.2. The molecule has 3 unspecified atom stereocenters. The molecule has 0 aromatic heterocycles. The van der Waals surface area contributed by atoms with E-state index in [2.05, 4.69) is 129 Å². The van der Waals surface area contributed by atoms with Crippen molar-refractivity contribution in [2.75, 3.05) is 5.32 Å². The Kier molecular flexibility index (Phi) is 7.43. The van der Waals surface area contributed by atoms with Gasteiger partial charge in [-0.05, 0) is 64.1 Å². The molecule has 0 amide bonds. The molecule has 0 spiro atoms. The number of piperidine rings is 1. The highest BCUT2D eigenvalue weighted by molar-refractivity contribution is 5.86. The van der Waals surface area contributed by atoms with Gasteiger partial charge in [-0.2, -0.15) is 0 Å². The van der Waals surface area contributed by atoms with Gasteiger partial charge in [0.2, 0.25) is 0 Å². The maximum atomic E-state index is 4.12. The smallest absolute Gasteiger partial charge is 0.0667 e. The predicted octanol–water partition coefficient (Wildman–Crippen LogP) is 9.12. The third kappa shape index (κ3) is 5.06. The van der Waals surface area contributed by atoms with Crippen molar-refractivity contribution in [3.05, 3.63) is 113 Å². The third-order valence-electron chi connectivity index (χ3n) is 7.86. The first-order chi connectivity index (χ1) is 17.5. The minimum absolute atomic E-state index is 0.196. The van der Waals surface area contributed by atoms with E-state index in [1.807, 2.05) is 0 Å². The normalized spacial score (nSPS) is 19.1. The zero-order chi connectivity index (χ0) is 25.1. The number of benzene rings is 4. The summed E-state index contributed by atoms with van der Waals surface area (Å²) in [6.45, 7) is 9.21. The first kappa shape index (κ1) is 24.6. The van der Waals surface area contributed by atoms with Crippen molar-refractivity contribution in [1.82, 2.24) is 5.32 Å². The van der Waals surface area contributed by atoms with Gasteiger partial charge in [-0.15, -0.1) is 0 Å². The molecule has 4 aromatic carbocycles. The van der Waals surface area contributed by atoms with Gasteiger partial charge in [-0.1, -0.05) is 119 Å². The fourth-order valence-electron chi connectivity index (χ4n) is 5.98. The van der Waals surface area contributed by atoms with Gasteiger partial charge in [0.05, 0.1) is 6.04 Å². The van der Waals surface area contributed by atoms with Crippen molar-refractivity contribution in [2.24, 2.45) is 0 Å². The number of fused-ring (bicyclic) bond motifs is 1. The second kappa shape index (κ2) is 10.9. The van der Waals surface area contributed by atoms with Gasteiger partial charge < -0.3 is 10.6 Å². The summed E-state index contributed by atoms with van der Waals surface area (Å²) in [6.07, 6.45) is 3.56. The van der Waals surface area contributed by atoms with Crippen molar-refractivity contribution < 1.29 is 0 Å². The number of rotatable bonds is 7. The molecule has 1 fully saturated rings. The lowest BCUT2D eigenvalue weighted by Crippen LogP contribution is -2.43. The van der Waals surface area contributed by atoms with Crippen LogP contribution in [-0.4, -0.2) is 6.04 Å². The largest absolute Gasteiger partial charge is 0.376 e. The standard InChI is InChI=1S/C34H40N2/c1-23(2)27-18-11-19-28(24(3)4)34(27)36-33(26-14-6-5-7-15-26)32-22-12-21-31(35-32)30-20-10-16-25-13-8-9-17-29(25)30/h5-11,13-20,23-24,31-33,35-36H,12,21-22H2,1-4H3. The van der Waals surface area contributed by atoms with Gasteiger partial charge in [0.15, 0.2) is 0 Å². The molecule has 1 saturated heterocycles. The molecule has 0 aliphatic carbocycles. The van der Waals surface area contributed by atoms with E-state index in [9.17, 15) is 0 Å². The van der Waals surface area contributed by atoms with E-state index >= 15 is 0 Å². The molecule has 4 aromatic rings. The van der Waals surface area contributed by atoms with Crippen LogP contribution in [0.2, 0.25) is 0 Å². The van der Waals surface area contributed by atoms with E-state index in [1.54, 1.807) is 0 Å². The summed E-state index contributed by atoms with van der Waals surface area (Å²) in [5.74, 6) is 0.927. The van der Waals surface area contributed by atoms with Crippen molar-refractivity contribution in [3.8, 4) is 0 Å². The zero-order valence-electron chi connectivity index (χ0n) is 22.2. The first-order valence-electron chi connectivity index (χ1n) is 13.7. The van der Waals surface area contributed by atoms with Crippen LogP contribution in [0.25, 0.3) is 10.8 Å². The van der Waals surface area contributed by atoms with Crippen LogP contribution in [0.15, 0.2) is 91.0 Å². The molecular formula is C34H40N2. The van der Waals surface area contributed by atoms with Crippen LogP contribution in [0, 0.1) is 0 Å². The average Bonchev–Trinajstić information content (AvgIpc) is 2.91. The summed E-state index contributed by atoms with van der Waals surface area (Å²) in [4.78, 5) is 0. The summed E-state index contributed by atoms with van der Waals surface area (Å²) < 4.78 is 0. The van der Waals surface area contributed by atoms with Crippen LogP contribution in [0.3, 0.4) is 0 Å². The number of hydrogen-bond acceptors (Lipinski definition) is 2. The quantitative estimate of drug-likeness (QED) is 0.278. The highest BCUT2D eigenvalue weighted by Crippen LogP contribution is 2.39. The number of nitrogens with one attached hydrogen (secondary N) is 2. The second-order valence-electron chi connectivity index (χ2n) is 11.0. The second-order valence-corrected chi connectivity index (χ2v) is 11.0. The van der Waals surface area contributed by atoms with Gasteiger partial charge in [0.1, 0.15) is 0 Å². The average molecular weight is 477 g/mol. The van der Waals surface area contributed by atoms with Gasteiger partial charge in [-0.3, -0.25) is 0 Å². The van der Waals surface area contributed by atoms with Crippen LogP contribution >= 0.6 is 0 Å². The van der Waals surface area contributed by atoms with E-state index in [4.69, 9.17) is 0 Å². The lowest BCUT2D eigenvalue weighted by molar-refractivity contribution is 0.301. The summed E-state index contributed by atoms with van der Waals surface area (Å²) in [5.41, 5.74) is 6.91. The molecule has 0 bridgehead atoms. The monoisotopic (exact) mass is 476 g/mol. The van der Waals surface area contributed by atoms with Crippen LogP contribution in [-0.2, 0) is 0 Å². The van der Waals surface area contributed by atoms with E-state index in [0.717, 1.165) is 6.42 Å². The number of para-hydroxylation sites is 1. The van der Waals surface area contributed by atoms with E-state index < -0.39 is 0 Å². The Morgan fingerprint density at radius 2 is 1.33 bits per heavy atom. The fraction of sp³-hybridized carbons (Fsp3) is 0.353. The van der Waals surface area contributed by atoms with Gasteiger partial charge in [-0.25, -0.2) is 0 Å². The molecule has 1 heterocycles. The van der Waals surface area contributed by atoms with E-state index in [1.165, 1.54) is 51.6 Å². The summed E-state index contributed by atoms with van der Waals surface area (Å²) in [6, 6.07) is 34.3. The highest BCUT2D eigenvalue weighted by Gasteiger charge is 2.31. The molecule has 3 atom stereocenters. The van der Waals surface area contributed by atoms with E-state index in [-0.39, 0.29) is 6.04 Å². The van der Waals surface area contributed by atoms with Crippen molar-refractivity contribution >= 4 is 16.5 Å². The summed E-state index contributed by atoms with van der Waals surface area (Å²) in [7, 11) is 0.